The van der Waals surface area contributed by atoms with Crippen LogP contribution in [0.15, 0.2) is 23.0 Å². The van der Waals surface area contributed by atoms with E-state index in [4.69, 9.17) is 23.2 Å². The second-order valence-corrected chi connectivity index (χ2v) is 4.17. The van der Waals surface area contributed by atoms with Crippen LogP contribution in [0.25, 0.3) is 0 Å². The smallest absolute Gasteiger partial charge is 0.0268 e. The summed E-state index contributed by atoms with van der Waals surface area (Å²) in [6.45, 7) is 7.68. The van der Waals surface area contributed by atoms with Crippen molar-refractivity contribution in [2.75, 3.05) is 11.8 Å². The molecule has 0 atom stereocenters. The standard InChI is InChI=1S/C8H12Cl2S/c1-7(3-5-9)11-8(2)4-6-10/h1-6H2. The Morgan fingerprint density at radius 2 is 1.36 bits per heavy atom. The van der Waals surface area contributed by atoms with E-state index >= 15 is 0 Å². The average Bonchev–Trinajstić information content (AvgIpc) is 1.87. The predicted octanol–water partition coefficient (Wildman–Crippen LogP) is 4.00. The van der Waals surface area contributed by atoms with Gasteiger partial charge in [-0.15, -0.1) is 35.0 Å². The monoisotopic (exact) mass is 210 g/mol. The molecule has 0 fully saturated rings. The highest BCUT2D eigenvalue weighted by Gasteiger charge is 1.97. The Bertz CT molecular complexity index is 127. The minimum absolute atomic E-state index is 0.625. The van der Waals surface area contributed by atoms with E-state index in [0.29, 0.717) is 11.8 Å². The molecule has 11 heavy (non-hydrogen) atoms. The molecule has 0 aliphatic heterocycles. The van der Waals surface area contributed by atoms with Crippen molar-refractivity contribution in [3.05, 3.63) is 23.0 Å². The summed E-state index contributed by atoms with van der Waals surface area (Å²) >= 11 is 12.6. The Morgan fingerprint density at radius 3 is 1.64 bits per heavy atom. The molecule has 0 spiro atoms. The van der Waals surface area contributed by atoms with Crippen molar-refractivity contribution in [2.24, 2.45) is 0 Å². The molecule has 0 aromatic carbocycles. The van der Waals surface area contributed by atoms with E-state index < -0.39 is 0 Å². The summed E-state index contributed by atoms with van der Waals surface area (Å²) < 4.78 is 0. The summed E-state index contributed by atoms with van der Waals surface area (Å²) in [6.07, 6.45) is 1.68. The molecule has 0 amide bonds. The molecule has 0 aromatic rings. The lowest BCUT2D eigenvalue weighted by atomic mass is 10.5. The van der Waals surface area contributed by atoms with Crippen molar-refractivity contribution < 1.29 is 0 Å². The highest BCUT2D eigenvalue weighted by Crippen LogP contribution is 2.27. The van der Waals surface area contributed by atoms with E-state index in [1.165, 1.54) is 0 Å². The normalized spacial score (nSPS) is 9.64. The van der Waals surface area contributed by atoms with Gasteiger partial charge in [0.15, 0.2) is 0 Å². The maximum absolute atomic E-state index is 5.53. The van der Waals surface area contributed by atoms with E-state index in [1.54, 1.807) is 11.8 Å². The second kappa shape index (κ2) is 7.08. The number of alkyl halides is 2. The summed E-state index contributed by atoms with van der Waals surface area (Å²) in [6, 6.07) is 0. The first-order valence-electron chi connectivity index (χ1n) is 3.36. The number of thioether (sulfide) groups is 1. The Hall–Kier alpha value is 0.410. The van der Waals surface area contributed by atoms with E-state index in [2.05, 4.69) is 13.2 Å². The van der Waals surface area contributed by atoms with Crippen molar-refractivity contribution >= 4 is 35.0 Å². The summed E-state index contributed by atoms with van der Waals surface area (Å²) in [4.78, 5) is 2.13. The molecule has 64 valence electrons. The minimum atomic E-state index is 0.625. The predicted molar refractivity (Wildman–Crippen MR) is 56.5 cm³/mol. The van der Waals surface area contributed by atoms with Crippen LogP contribution in [0.4, 0.5) is 0 Å². The van der Waals surface area contributed by atoms with Gasteiger partial charge in [0.05, 0.1) is 0 Å². The van der Waals surface area contributed by atoms with Crippen LogP contribution >= 0.6 is 35.0 Å². The molecule has 0 unspecified atom stereocenters. The molecule has 0 bridgehead atoms. The number of hydrogen-bond donors (Lipinski definition) is 0. The van der Waals surface area contributed by atoms with Crippen molar-refractivity contribution in [3.63, 3.8) is 0 Å². The lowest BCUT2D eigenvalue weighted by Gasteiger charge is -2.03. The lowest BCUT2D eigenvalue weighted by molar-refractivity contribution is 1.20. The van der Waals surface area contributed by atoms with E-state index in [9.17, 15) is 0 Å². The molecule has 0 aliphatic rings. The number of rotatable bonds is 6. The summed E-state index contributed by atoms with van der Waals surface area (Å²) in [7, 11) is 0. The maximum Gasteiger partial charge on any atom is 0.0268 e. The van der Waals surface area contributed by atoms with Gasteiger partial charge in [0.1, 0.15) is 0 Å². The van der Waals surface area contributed by atoms with Crippen LogP contribution in [0.1, 0.15) is 12.8 Å². The van der Waals surface area contributed by atoms with Gasteiger partial charge in [-0.1, -0.05) is 13.2 Å². The third-order valence-corrected chi connectivity index (χ3v) is 2.40. The van der Waals surface area contributed by atoms with Gasteiger partial charge in [0.2, 0.25) is 0 Å². The molecular weight excluding hydrogens is 199 g/mol. The average molecular weight is 211 g/mol. The molecule has 0 saturated heterocycles. The van der Waals surface area contributed by atoms with Crippen LogP contribution in [-0.2, 0) is 0 Å². The fourth-order valence-corrected chi connectivity index (χ4v) is 2.01. The zero-order chi connectivity index (χ0) is 8.69. The van der Waals surface area contributed by atoms with Crippen molar-refractivity contribution in [3.8, 4) is 0 Å². The first-order chi connectivity index (χ1) is 5.20. The summed E-state index contributed by atoms with van der Waals surface area (Å²) in [5.41, 5.74) is 0. The number of allylic oxidation sites excluding steroid dienone is 2. The fraction of sp³-hybridized carbons (Fsp3) is 0.500. The molecular formula is C8H12Cl2S. The molecule has 0 saturated carbocycles. The topological polar surface area (TPSA) is 0 Å². The molecule has 3 heteroatoms. The Labute approximate surface area is 82.6 Å². The lowest BCUT2D eigenvalue weighted by Crippen LogP contribution is -1.81. The zero-order valence-electron chi connectivity index (χ0n) is 6.41. The molecule has 0 aliphatic carbocycles. The van der Waals surface area contributed by atoms with Gasteiger partial charge >= 0.3 is 0 Å². The Balaban J connectivity index is 3.49. The summed E-state index contributed by atoms with van der Waals surface area (Å²) in [5.74, 6) is 1.25. The third kappa shape index (κ3) is 6.79. The molecule has 0 radical (unpaired) electrons. The Morgan fingerprint density at radius 1 is 1.00 bits per heavy atom. The number of hydrogen-bond acceptors (Lipinski definition) is 1. The first kappa shape index (κ1) is 11.4. The second-order valence-electron chi connectivity index (χ2n) is 2.06. The number of halogens is 2. The van der Waals surface area contributed by atoms with E-state index in [0.717, 1.165) is 22.7 Å². The van der Waals surface area contributed by atoms with E-state index in [-0.39, 0.29) is 0 Å². The van der Waals surface area contributed by atoms with Crippen molar-refractivity contribution in [1.82, 2.24) is 0 Å². The fourth-order valence-electron chi connectivity index (χ4n) is 0.517. The zero-order valence-corrected chi connectivity index (χ0v) is 8.74. The maximum atomic E-state index is 5.53. The highest BCUT2D eigenvalue weighted by atomic mass is 35.5. The van der Waals surface area contributed by atoms with Gasteiger partial charge in [0, 0.05) is 11.8 Å². The van der Waals surface area contributed by atoms with Gasteiger partial charge in [0.25, 0.3) is 0 Å². The van der Waals surface area contributed by atoms with Crippen LogP contribution in [0, 0.1) is 0 Å². The van der Waals surface area contributed by atoms with Crippen molar-refractivity contribution in [1.29, 1.82) is 0 Å². The SMILES string of the molecule is C=C(CCCl)SC(=C)CCCl. The van der Waals surface area contributed by atoms with Crippen LogP contribution in [0.3, 0.4) is 0 Å². The molecule has 0 aromatic heterocycles. The van der Waals surface area contributed by atoms with Gasteiger partial charge in [-0.2, -0.15) is 0 Å². The molecule has 0 heterocycles. The molecule has 0 nitrogen and oxygen atoms in total. The Kier molecular flexibility index (Phi) is 7.34. The molecule has 0 N–H and O–H groups in total. The summed E-state index contributed by atoms with van der Waals surface area (Å²) in [5, 5.41) is 0. The van der Waals surface area contributed by atoms with Crippen molar-refractivity contribution in [2.45, 2.75) is 12.8 Å². The van der Waals surface area contributed by atoms with Crippen LogP contribution in [0.2, 0.25) is 0 Å². The van der Waals surface area contributed by atoms with Crippen LogP contribution in [0.5, 0.6) is 0 Å². The van der Waals surface area contributed by atoms with Crippen LogP contribution in [-0.4, -0.2) is 11.8 Å². The van der Waals surface area contributed by atoms with Gasteiger partial charge in [-0.3, -0.25) is 0 Å². The van der Waals surface area contributed by atoms with Gasteiger partial charge in [-0.05, 0) is 22.7 Å². The minimum Gasteiger partial charge on any atom is -0.126 e. The van der Waals surface area contributed by atoms with Gasteiger partial charge in [-0.25, -0.2) is 0 Å². The van der Waals surface area contributed by atoms with Crippen LogP contribution < -0.4 is 0 Å². The quantitative estimate of drug-likeness (QED) is 0.598. The van der Waals surface area contributed by atoms with E-state index in [1.807, 2.05) is 0 Å². The largest absolute Gasteiger partial charge is 0.126 e. The third-order valence-electron chi connectivity index (χ3n) is 1.04. The van der Waals surface area contributed by atoms with Gasteiger partial charge < -0.3 is 0 Å². The molecule has 0 rings (SSSR count). The first-order valence-corrected chi connectivity index (χ1v) is 5.24. The highest BCUT2D eigenvalue weighted by molar-refractivity contribution is 8.06.